The van der Waals surface area contributed by atoms with Gasteiger partial charge in [-0.2, -0.15) is 0 Å². The number of amides is 1. The predicted molar refractivity (Wildman–Crippen MR) is 119 cm³/mol. The highest BCUT2D eigenvalue weighted by Gasteiger charge is 2.31. The number of aromatic nitrogens is 1. The number of rotatable bonds is 4. The third-order valence-corrected chi connectivity index (χ3v) is 6.03. The van der Waals surface area contributed by atoms with Crippen molar-refractivity contribution < 1.29 is 9.59 Å². The van der Waals surface area contributed by atoms with Gasteiger partial charge in [0.15, 0.2) is 0 Å². The highest BCUT2D eigenvalue weighted by Crippen LogP contribution is 2.30. The zero-order chi connectivity index (χ0) is 20.7. The number of fused-ring (bicyclic) bond motifs is 2. The normalized spacial score (nSPS) is 12.9. The number of carbonyl (C=O) groups excluding carboxylic acids is 2. The van der Waals surface area contributed by atoms with Crippen molar-refractivity contribution in [3.63, 3.8) is 0 Å². The topological polar surface area (TPSA) is 42.3 Å². The van der Waals surface area contributed by atoms with Crippen LogP contribution in [0.3, 0.4) is 0 Å². The van der Waals surface area contributed by atoms with Gasteiger partial charge >= 0.3 is 0 Å². The van der Waals surface area contributed by atoms with E-state index in [4.69, 9.17) is 11.6 Å². The van der Waals surface area contributed by atoms with E-state index in [-0.39, 0.29) is 0 Å². The molecule has 0 spiro atoms. The van der Waals surface area contributed by atoms with E-state index >= 15 is 0 Å². The second kappa shape index (κ2) is 7.47. The number of anilines is 1. The number of carbonyl (C=O) groups is 2. The van der Waals surface area contributed by atoms with E-state index in [9.17, 15) is 9.59 Å². The summed E-state index contributed by atoms with van der Waals surface area (Å²) in [6.07, 6.45) is 2.54. The van der Waals surface area contributed by atoms with Crippen molar-refractivity contribution in [3.8, 4) is 0 Å². The van der Waals surface area contributed by atoms with Crippen molar-refractivity contribution in [3.05, 3.63) is 101 Å². The predicted octanol–water partition coefficient (Wildman–Crippen LogP) is 5.12. The summed E-state index contributed by atoms with van der Waals surface area (Å²) in [6.45, 7) is 1.05. The Labute approximate surface area is 179 Å². The molecule has 4 aromatic rings. The number of hydrogen-bond acceptors (Lipinski definition) is 2. The van der Waals surface area contributed by atoms with Gasteiger partial charge in [-0.1, -0.05) is 66.2 Å². The van der Waals surface area contributed by atoms with Crippen LogP contribution in [-0.4, -0.2) is 22.8 Å². The number of Topliss-reactive ketones (excluding diaryl/α,β-unsaturated/α-hetero) is 1. The Morgan fingerprint density at radius 1 is 0.900 bits per heavy atom. The van der Waals surface area contributed by atoms with E-state index in [0.717, 1.165) is 34.1 Å². The molecule has 148 valence electrons. The van der Waals surface area contributed by atoms with Gasteiger partial charge in [0.1, 0.15) is 0 Å². The molecule has 0 N–H and O–H groups in total. The van der Waals surface area contributed by atoms with Gasteiger partial charge < -0.3 is 9.47 Å². The SMILES string of the molecule is O=C(C(=O)N1CCc2ccccc21)c1cn(Cc2ccccc2Cl)c2ccccc12. The molecule has 0 atom stereocenters. The smallest absolute Gasteiger partial charge is 0.299 e. The fraction of sp³-hybridized carbons (Fsp3) is 0.120. The van der Waals surface area contributed by atoms with Crippen molar-refractivity contribution in [1.29, 1.82) is 0 Å². The van der Waals surface area contributed by atoms with Crippen LogP contribution in [0.2, 0.25) is 5.02 Å². The summed E-state index contributed by atoms with van der Waals surface area (Å²) in [5.74, 6) is -0.971. The van der Waals surface area contributed by atoms with Crippen molar-refractivity contribution in [1.82, 2.24) is 4.57 Å². The number of para-hydroxylation sites is 2. The number of benzene rings is 3. The lowest BCUT2D eigenvalue weighted by Gasteiger charge is -2.16. The molecule has 1 aliphatic heterocycles. The maximum absolute atomic E-state index is 13.3. The Balaban J connectivity index is 1.53. The van der Waals surface area contributed by atoms with Crippen molar-refractivity contribution in [2.45, 2.75) is 13.0 Å². The average Bonchev–Trinajstić information content (AvgIpc) is 3.36. The van der Waals surface area contributed by atoms with Gasteiger partial charge in [0.25, 0.3) is 11.7 Å². The summed E-state index contributed by atoms with van der Waals surface area (Å²) < 4.78 is 1.98. The second-order valence-corrected chi connectivity index (χ2v) is 7.85. The standard InChI is InChI=1S/C25H19ClN2O2/c26-21-10-4-1-8-18(21)15-27-16-20(19-9-3-6-12-23(19)27)24(29)25(30)28-14-13-17-7-2-5-11-22(17)28/h1-12,16H,13-15H2. The minimum Gasteiger partial charge on any atom is -0.342 e. The first-order valence-corrected chi connectivity index (χ1v) is 10.3. The molecule has 0 unspecified atom stereocenters. The van der Waals surface area contributed by atoms with Gasteiger partial charge in [-0.25, -0.2) is 0 Å². The van der Waals surface area contributed by atoms with Gasteiger partial charge in [-0.15, -0.1) is 0 Å². The minimum absolute atomic E-state index is 0.423. The van der Waals surface area contributed by atoms with Crippen LogP contribution in [0.1, 0.15) is 21.5 Å². The highest BCUT2D eigenvalue weighted by atomic mass is 35.5. The van der Waals surface area contributed by atoms with E-state index in [1.165, 1.54) is 0 Å². The zero-order valence-electron chi connectivity index (χ0n) is 16.2. The fourth-order valence-electron chi connectivity index (χ4n) is 4.16. The molecule has 0 bridgehead atoms. The molecule has 4 nitrogen and oxygen atoms in total. The van der Waals surface area contributed by atoms with Crippen LogP contribution in [0.4, 0.5) is 5.69 Å². The Kier molecular flexibility index (Phi) is 4.64. The lowest BCUT2D eigenvalue weighted by molar-refractivity contribution is -0.114. The van der Waals surface area contributed by atoms with Gasteiger partial charge in [-0.3, -0.25) is 9.59 Å². The number of ketones is 1. The Bertz CT molecular complexity index is 1290. The van der Waals surface area contributed by atoms with E-state index in [2.05, 4.69) is 0 Å². The molecule has 1 amide bonds. The van der Waals surface area contributed by atoms with Gasteiger partial charge in [0.05, 0.1) is 5.56 Å². The van der Waals surface area contributed by atoms with Crippen LogP contribution in [0.5, 0.6) is 0 Å². The lowest BCUT2D eigenvalue weighted by atomic mass is 10.1. The summed E-state index contributed by atoms with van der Waals surface area (Å²) in [5.41, 5.74) is 4.21. The first-order valence-electron chi connectivity index (χ1n) is 9.89. The van der Waals surface area contributed by atoms with Crippen molar-refractivity contribution in [2.75, 3.05) is 11.4 Å². The van der Waals surface area contributed by atoms with E-state index in [1.54, 1.807) is 11.1 Å². The largest absolute Gasteiger partial charge is 0.342 e. The maximum Gasteiger partial charge on any atom is 0.299 e. The Hall–Kier alpha value is -3.37. The molecule has 1 aliphatic rings. The van der Waals surface area contributed by atoms with Crippen LogP contribution in [-0.2, 0) is 17.8 Å². The molecule has 5 heteroatoms. The third kappa shape index (κ3) is 3.10. The van der Waals surface area contributed by atoms with E-state index in [1.807, 2.05) is 77.4 Å². The number of halogens is 1. The first kappa shape index (κ1) is 18.6. The minimum atomic E-state index is -0.486. The van der Waals surface area contributed by atoms with Crippen LogP contribution in [0.15, 0.2) is 79.0 Å². The van der Waals surface area contributed by atoms with Crippen LogP contribution < -0.4 is 4.90 Å². The molecular weight excluding hydrogens is 396 g/mol. The van der Waals surface area contributed by atoms with Gasteiger partial charge in [0, 0.05) is 40.9 Å². The number of hydrogen-bond donors (Lipinski definition) is 0. The molecule has 1 aromatic heterocycles. The molecule has 5 rings (SSSR count). The fourth-order valence-corrected chi connectivity index (χ4v) is 4.35. The van der Waals surface area contributed by atoms with Crippen LogP contribution in [0, 0.1) is 0 Å². The molecule has 0 saturated heterocycles. The molecule has 30 heavy (non-hydrogen) atoms. The summed E-state index contributed by atoms with van der Waals surface area (Å²) in [7, 11) is 0. The summed E-state index contributed by atoms with van der Waals surface area (Å²) >= 11 is 6.34. The van der Waals surface area contributed by atoms with Crippen LogP contribution >= 0.6 is 11.6 Å². The average molecular weight is 415 g/mol. The lowest BCUT2D eigenvalue weighted by Crippen LogP contribution is -2.35. The van der Waals surface area contributed by atoms with Gasteiger partial charge in [-0.05, 0) is 35.7 Å². The van der Waals surface area contributed by atoms with Crippen molar-refractivity contribution in [2.24, 2.45) is 0 Å². The van der Waals surface area contributed by atoms with Crippen LogP contribution in [0.25, 0.3) is 10.9 Å². The first-order chi connectivity index (χ1) is 14.6. The summed E-state index contributed by atoms with van der Waals surface area (Å²) in [6, 6.07) is 23.0. The monoisotopic (exact) mass is 414 g/mol. The highest BCUT2D eigenvalue weighted by molar-refractivity contribution is 6.49. The Morgan fingerprint density at radius 3 is 2.50 bits per heavy atom. The van der Waals surface area contributed by atoms with Gasteiger partial charge in [0.2, 0.25) is 0 Å². The zero-order valence-corrected chi connectivity index (χ0v) is 17.0. The molecule has 0 saturated carbocycles. The quantitative estimate of drug-likeness (QED) is 0.344. The molecule has 3 aromatic carbocycles. The van der Waals surface area contributed by atoms with Crippen molar-refractivity contribution >= 4 is 39.9 Å². The Morgan fingerprint density at radius 2 is 1.63 bits per heavy atom. The van der Waals surface area contributed by atoms with E-state index in [0.29, 0.717) is 23.7 Å². The summed E-state index contributed by atoms with van der Waals surface area (Å²) in [5, 5.41) is 1.45. The number of nitrogens with zero attached hydrogens (tertiary/aromatic N) is 2. The molecular formula is C25H19ClN2O2. The molecule has 0 aliphatic carbocycles. The molecule has 2 heterocycles. The second-order valence-electron chi connectivity index (χ2n) is 7.44. The van der Waals surface area contributed by atoms with E-state index < -0.39 is 11.7 Å². The summed E-state index contributed by atoms with van der Waals surface area (Å²) in [4.78, 5) is 28.0. The molecule has 0 fully saturated rings. The maximum atomic E-state index is 13.3. The third-order valence-electron chi connectivity index (χ3n) is 5.66. The molecule has 0 radical (unpaired) electrons.